The summed E-state index contributed by atoms with van der Waals surface area (Å²) in [6.45, 7) is 3.56. The first-order valence-corrected chi connectivity index (χ1v) is 7.86. The minimum absolute atomic E-state index is 0.0760. The topological polar surface area (TPSA) is 75.0 Å². The Morgan fingerprint density at radius 1 is 1.39 bits per heavy atom. The lowest BCUT2D eigenvalue weighted by Crippen LogP contribution is -2.26. The molecule has 0 aliphatic carbocycles. The first kappa shape index (κ1) is 14.1. The third-order valence-corrected chi connectivity index (χ3v) is 4.35. The first-order chi connectivity index (χ1) is 11.2. The molecule has 1 aliphatic rings. The second-order valence-electron chi connectivity index (χ2n) is 6.03. The van der Waals surface area contributed by atoms with Crippen molar-refractivity contribution in [3.05, 3.63) is 58.0 Å². The molecule has 1 fully saturated rings. The molecule has 3 heterocycles. The minimum Gasteiger partial charge on any atom is -0.360 e. The van der Waals surface area contributed by atoms with Gasteiger partial charge in [-0.3, -0.25) is 9.69 Å². The maximum atomic E-state index is 12.3. The van der Waals surface area contributed by atoms with Crippen molar-refractivity contribution in [2.45, 2.75) is 32.4 Å². The zero-order valence-corrected chi connectivity index (χ0v) is 13.0. The molecule has 0 spiro atoms. The Kier molecular flexibility index (Phi) is 3.46. The van der Waals surface area contributed by atoms with Crippen molar-refractivity contribution in [1.29, 1.82) is 0 Å². The monoisotopic (exact) mass is 310 g/mol. The number of rotatable bonds is 3. The van der Waals surface area contributed by atoms with Crippen molar-refractivity contribution in [1.82, 2.24) is 20.0 Å². The van der Waals surface area contributed by atoms with Gasteiger partial charge in [-0.15, -0.1) is 0 Å². The van der Waals surface area contributed by atoms with E-state index in [4.69, 9.17) is 4.52 Å². The van der Waals surface area contributed by atoms with Gasteiger partial charge in [0.15, 0.2) is 5.76 Å². The van der Waals surface area contributed by atoms with Crippen molar-refractivity contribution >= 4 is 10.9 Å². The first-order valence-electron chi connectivity index (χ1n) is 7.86. The average Bonchev–Trinajstić information content (AvgIpc) is 3.17. The van der Waals surface area contributed by atoms with Crippen LogP contribution in [0.2, 0.25) is 0 Å². The summed E-state index contributed by atoms with van der Waals surface area (Å²) in [6, 6.07) is 9.50. The number of hydrogen-bond acceptors (Lipinski definition) is 5. The zero-order valence-electron chi connectivity index (χ0n) is 13.0. The Balaban J connectivity index is 1.67. The van der Waals surface area contributed by atoms with E-state index in [-0.39, 0.29) is 11.6 Å². The highest BCUT2D eigenvalue weighted by Gasteiger charge is 2.29. The van der Waals surface area contributed by atoms with Gasteiger partial charge in [0.2, 0.25) is 0 Å². The number of H-pyrrole nitrogens is 1. The highest BCUT2D eigenvalue weighted by Crippen LogP contribution is 2.31. The van der Waals surface area contributed by atoms with Crippen molar-refractivity contribution in [3.8, 4) is 0 Å². The number of fused-ring (bicyclic) bond motifs is 1. The largest absolute Gasteiger partial charge is 0.360 e. The van der Waals surface area contributed by atoms with Gasteiger partial charge in [-0.1, -0.05) is 17.3 Å². The molecule has 2 aromatic heterocycles. The van der Waals surface area contributed by atoms with Crippen LogP contribution in [0.4, 0.5) is 0 Å². The number of benzene rings is 1. The van der Waals surface area contributed by atoms with E-state index in [0.717, 1.165) is 42.2 Å². The molecule has 0 bridgehead atoms. The van der Waals surface area contributed by atoms with E-state index in [1.165, 1.54) is 0 Å². The average molecular weight is 310 g/mol. The van der Waals surface area contributed by atoms with E-state index in [0.29, 0.717) is 11.9 Å². The molecule has 1 saturated heterocycles. The summed E-state index contributed by atoms with van der Waals surface area (Å²) in [5.41, 5.74) is 1.55. The predicted octanol–water partition coefficient (Wildman–Crippen LogP) is 2.56. The number of nitrogens with one attached hydrogen (secondary N) is 1. The number of likely N-dealkylation sites (tertiary alicyclic amines) is 1. The van der Waals surface area contributed by atoms with Crippen molar-refractivity contribution in [2.75, 3.05) is 6.54 Å². The van der Waals surface area contributed by atoms with E-state index in [1.807, 2.05) is 31.2 Å². The number of hydrogen-bond donors (Lipinski definition) is 1. The maximum absolute atomic E-state index is 12.3. The molecule has 6 heteroatoms. The summed E-state index contributed by atoms with van der Waals surface area (Å²) in [5, 5.41) is 4.57. The number of nitrogens with zero attached hydrogens (tertiary/aromatic N) is 3. The van der Waals surface area contributed by atoms with Crippen LogP contribution in [-0.4, -0.2) is 26.6 Å². The fraction of sp³-hybridized carbons (Fsp3) is 0.353. The number of aromatic nitrogens is 3. The molecule has 6 nitrogen and oxygen atoms in total. The Labute approximate surface area is 133 Å². The van der Waals surface area contributed by atoms with E-state index in [1.54, 1.807) is 6.07 Å². The van der Waals surface area contributed by atoms with Gasteiger partial charge in [0.25, 0.3) is 5.56 Å². The van der Waals surface area contributed by atoms with Crippen LogP contribution in [0, 0.1) is 6.92 Å². The van der Waals surface area contributed by atoms with Gasteiger partial charge in [-0.25, -0.2) is 4.98 Å². The Morgan fingerprint density at radius 3 is 3.09 bits per heavy atom. The van der Waals surface area contributed by atoms with Crippen molar-refractivity contribution < 1.29 is 4.52 Å². The van der Waals surface area contributed by atoms with E-state index >= 15 is 0 Å². The molecule has 1 unspecified atom stereocenters. The van der Waals surface area contributed by atoms with Gasteiger partial charge in [0.1, 0.15) is 5.82 Å². The number of para-hydroxylation sites is 1. The second-order valence-corrected chi connectivity index (χ2v) is 6.03. The normalized spacial score (nSPS) is 18.7. The number of aryl methyl sites for hydroxylation is 1. The molecule has 1 aromatic carbocycles. The molecule has 23 heavy (non-hydrogen) atoms. The molecule has 1 aliphatic heterocycles. The summed E-state index contributed by atoms with van der Waals surface area (Å²) >= 11 is 0. The number of aromatic amines is 1. The third kappa shape index (κ3) is 2.66. The minimum atomic E-state index is -0.0760. The fourth-order valence-corrected chi connectivity index (χ4v) is 3.28. The molecule has 0 amide bonds. The Morgan fingerprint density at radius 2 is 2.26 bits per heavy atom. The molecule has 1 atom stereocenters. The van der Waals surface area contributed by atoms with Gasteiger partial charge in [0, 0.05) is 6.07 Å². The highest BCUT2D eigenvalue weighted by atomic mass is 16.5. The SMILES string of the molecule is Cc1cc(CN2CCCC2c2nc3ccccc3c(=O)[nH]2)on1. The fourth-order valence-electron chi connectivity index (χ4n) is 3.28. The Hall–Kier alpha value is -2.47. The molecule has 4 rings (SSSR count). The standard InChI is InChI=1S/C17H18N4O2/c1-11-9-12(23-20-11)10-21-8-4-7-15(21)16-18-14-6-3-2-5-13(14)17(22)19-16/h2-3,5-6,9,15H,4,7-8,10H2,1H3,(H,18,19,22). The summed E-state index contributed by atoms with van der Waals surface area (Å²) in [4.78, 5) is 22.2. The molecule has 118 valence electrons. The molecule has 0 radical (unpaired) electrons. The van der Waals surface area contributed by atoms with Gasteiger partial charge >= 0.3 is 0 Å². The van der Waals surface area contributed by atoms with Gasteiger partial charge < -0.3 is 9.51 Å². The highest BCUT2D eigenvalue weighted by molar-refractivity contribution is 5.77. The van der Waals surface area contributed by atoms with Crippen molar-refractivity contribution in [2.24, 2.45) is 0 Å². The molecule has 0 saturated carbocycles. The third-order valence-electron chi connectivity index (χ3n) is 4.35. The van der Waals surface area contributed by atoms with Crippen LogP contribution in [0.3, 0.4) is 0 Å². The molecule has 1 N–H and O–H groups in total. The quantitative estimate of drug-likeness (QED) is 0.804. The van der Waals surface area contributed by atoms with Crippen LogP contribution < -0.4 is 5.56 Å². The van der Waals surface area contributed by atoms with Gasteiger partial charge in [0.05, 0.1) is 29.2 Å². The summed E-state index contributed by atoms with van der Waals surface area (Å²) in [7, 11) is 0. The summed E-state index contributed by atoms with van der Waals surface area (Å²) in [5.74, 6) is 1.58. The summed E-state index contributed by atoms with van der Waals surface area (Å²) in [6.07, 6.45) is 2.06. The van der Waals surface area contributed by atoms with Gasteiger partial charge in [-0.05, 0) is 38.4 Å². The molecule has 3 aromatic rings. The zero-order chi connectivity index (χ0) is 15.8. The predicted molar refractivity (Wildman–Crippen MR) is 86.0 cm³/mol. The van der Waals surface area contributed by atoms with Crippen LogP contribution in [0.15, 0.2) is 39.6 Å². The van der Waals surface area contributed by atoms with Crippen LogP contribution >= 0.6 is 0 Å². The second kappa shape index (κ2) is 5.62. The lowest BCUT2D eigenvalue weighted by Gasteiger charge is -2.22. The lowest BCUT2D eigenvalue weighted by atomic mass is 10.2. The van der Waals surface area contributed by atoms with Crippen LogP contribution in [0.25, 0.3) is 10.9 Å². The van der Waals surface area contributed by atoms with Crippen LogP contribution in [-0.2, 0) is 6.54 Å². The van der Waals surface area contributed by atoms with Crippen molar-refractivity contribution in [3.63, 3.8) is 0 Å². The van der Waals surface area contributed by atoms with Crippen LogP contribution in [0.5, 0.6) is 0 Å². The maximum Gasteiger partial charge on any atom is 0.258 e. The van der Waals surface area contributed by atoms with E-state index < -0.39 is 0 Å². The summed E-state index contributed by atoms with van der Waals surface area (Å²) < 4.78 is 5.32. The van der Waals surface area contributed by atoms with Crippen LogP contribution in [0.1, 0.15) is 36.2 Å². The smallest absolute Gasteiger partial charge is 0.258 e. The Bertz CT molecular complexity index is 899. The van der Waals surface area contributed by atoms with Gasteiger partial charge in [-0.2, -0.15) is 0 Å². The molecular formula is C17H18N4O2. The van der Waals surface area contributed by atoms with E-state index in [2.05, 4.69) is 20.0 Å². The van der Waals surface area contributed by atoms with E-state index in [9.17, 15) is 4.79 Å². The lowest BCUT2D eigenvalue weighted by molar-refractivity contribution is 0.210. The molecular weight excluding hydrogens is 292 g/mol.